The molecule has 6 nitrogen and oxygen atoms in total. The molecule has 1 saturated heterocycles. The topological polar surface area (TPSA) is 69.8 Å². The van der Waals surface area contributed by atoms with Gasteiger partial charge in [-0.05, 0) is 44.0 Å². The number of likely N-dealkylation sites (tertiary alicyclic amines) is 1. The van der Waals surface area contributed by atoms with Crippen LogP contribution in [0.3, 0.4) is 0 Å². The molecule has 1 N–H and O–H groups in total. The van der Waals surface area contributed by atoms with Crippen molar-refractivity contribution >= 4 is 6.03 Å². The summed E-state index contributed by atoms with van der Waals surface area (Å²) in [5.74, 6) is 1.05. The summed E-state index contributed by atoms with van der Waals surface area (Å²) in [6.45, 7) is 3.02. The number of nitrogens with zero attached hydrogens (tertiary/aromatic N) is 3. The fourth-order valence-corrected chi connectivity index (χ4v) is 3.72. The van der Waals surface area contributed by atoms with Crippen LogP contribution in [-0.2, 0) is 0 Å². The van der Waals surface area contributed by atoms with Crippen LogP contribution in [0.25, 0.3) is 22.6 Å². The zero-order valence-corrected chi connectivity index (χ0v) is 16.8. The molecule has 0 bridgehead atoms. The summed E-state index contributed by atoms with van der Waals surface area (Å²) in [6.07, 6.45) is 1.39. The summed E-state index contributed by atoms with van der Waals surface area (Å²) >= 11 is 0. The lowest BCUT2D eigenvalue weighted by molar-refractivity contribution is -0.0543. The fourth-order valence-electron chi connectivity index (χ4n) is 3.72. The minimum atomic E-state index is -0.375. The second-order valence-electron chi connectivity index (χ2n) is 7.36. The van der Waals surface area contributed by atoms with Gasteiger partial charge in [-0.15, -0.1) is 0 Å². The molecule has 2 heterocycles. The Morgan fingerprint density at radius 1 is 1.13 bits per heavy atom. The van der Waals surface area contributed by atoms with E-state index in [1.54, 1.807) is 24.0 Å². The Labute approximate surface area is 174 Å². The van der Waals surface area contributed by atoms with Gasteiger partial charge in [0.2, 0.25) is 0 Å². The summed E-state index contributed by atoms with van der Waals surface area (Å²) in [4.78, 5) is 18.6. The van der Waals surface area contributed by atoms with Crippen LogP contribution in [0, 0.1) is 5.82 Å². The van der Waals surface area contributed by atoms with E-state index in [-0.39, 0.29) is 24.3 Å². The number of hydrogen-bond donors (Lipinski definition) is 1. The van der Waals surface area contributed by atoms with Crippen molar-refractivity contribution in [3.8, 4) is 22.6 Å². The molecule has 156 valence electrons. The molecule has 7 heteroatoms. The van der Waals surface area contributed by atoms with Gasteiger partial charge in [0.15, 0.2) is 11.7 Å². The first-order valence-electron chi connectivity index (χ1n) is 10.1. The molecule has 0 spiro atoms. The number of halogens is 1. The minimum Gasteiger partial charge on any atom is -0.440 e. The Hall–Kier alpha value is -3.19. The third-order valence-corrected chi connectivity index (χ3v) is 5.43. The van der Waals surface area contributed by atoms with E-state index in [2.05, 4.69) is 0 Å². The molecular formula is C23H24FN3O3. The van der Waals surface area contributed by atoms with Crippen molar-refractivity contribution in [3.05, 3.63) is 66.3 Å². The maximum Gasteiger partial charge on any atom is 0.343 e. The van der Waals surface area contributed by atoms with Gasteiger partial charge in [-0.1, -0.05) is 30.3 Å². The quantitative estimate of drug-likeness (QED) is 0.477. The minimum absolute atomic E-state index is 0.0690. The highest BCUT2D eigenvalue weighted by Gasteiger charge is 2.30. The Morgan fingerprint density at radius 2 is 1.80 bits per heavy atom. The molecule has 2 aromatic carbocycles. The van der Waals surface area contributed by atoms with Crippen LogP contribution in [0.15, 0.2) is 59.0 Å². The predicted molar refractivity (Wildman–Crippen MR) is 110 cm³/mol. The van der Waals surface area contributed by atoms with Crippen LogP contribution in [-0.4, -0.2) is 45.8 Å². The van der Waals surface area contributed by atoms with Crippen molar-refractivity contribution in [2.24, 2.45) is 0 Å². The first-order valence-corrected chi connectivity index (χ1v) is 10.1. The average Bonchev–Trinajstić information content (AvgIpc) is 3.25. The Kier molecular flexibility index (Phi) is 5.81. The molecule has 0 atom stereocenters. The number of amides is 2. The predicted octanol–water partition coefficient (Wildman–Crippen LogP) is 5.16. The maximum atomic E-state index is 13.4. The van der Waals surface area contributed by atoms with Gasteiger partial charge in [0.05, 0.1) is 0 Å². The molecule has 1 aromatic heterocycles. The summed E-state index contributed by atoms with van der Waals surface area (Å²) in [5.41, 5.74) is 2.38. The van der Waals surface area contributed by atoms with Gasteiger partial charge >= 0.3 is 6.03 Å². The van der Waals surface area contributed by atoms with Crippen molar-refractivity contribution < 1.29 is 18.8 Å². The number of benzene rings is 2. The highest BCUT2D eigenvalue weighted by Crippen LogP contribution is 2.37. The van der Waals surface area contributed by atoms with Crippen LogP contribution < -0.4 is 0 Å². The number of hydroxylamine groups is 2. The zero-order valence-electron chi connectivity index (χ0n) is 16.8. The van der Waals surface area contributed by atoms with Crippen molar-refractivity contribution in [1.82, 2.24) is 14.9 Å². The average molecular weight is 409 g/mol. The normalized spacial score (nSPS) is 14.7. The molecular weight excluding hydrogens is 385 g/mol. The molecule has 1 aliphatic heterocycles. The summed E-state index contributed by atoms with van der Waals surface area (Å²) < 4.78 is 19.6. The van der Waals surface area contributed by atoms with Crippen molar-refractivity contribution in [3.63, 3.8) is 0 Å². The molecule has 0 unspecified atom stereocenters. The number of carbonyl (C=O) groups excluding carboxylic acids is 1. The lowest BCUT2D eigenvalue weighted by Gasteiger charge is -2.32. The smallest absolute Gasteiger partial charge is 0.343 e. The highest BCUT2D eigenvalue weighted by molar-refractivity contribution is 5.77. The van der Waals surface area contributed by atoms with E-state index in [0.717, 1.165) is 16.2 Å². The van der Waals surface area contributed by atoms with E-state index in [9.17, 15) is 14.4 Å². The molecule has 1 aliphatic rings. The largest absolute Gasteiger partial charge is 0.440 e. The van der Waals surface area contributed by atoms with E-state index in [4.69, 9.17) is 9.40 Å². The first kappa shape index (κ1) is 20.1. The molecule has 30 heavy (non-hydrogen) atoms. The van der Waals surface area contributed by atoms with Crippen LogP contribution >= 0.6 is 0 Å². The van der Waals surface area contributed by atoms with E-state index in [1.165, 1.54) is 12.1 Å². The SMILES string of the molecule is CCN(O)C(=O)N1CCC(c2nc(-c3ccc(F)cc3)c(-c3ccccc3)o2)CC1. The number of carbonyl (C=O) groups is 1. The van der Waals surface area contributed by atoms with Gasteiger partial charge in [-0.25, -0.2) is 19.2 Å². The van der Waals surface area contributed by atoms with Gasteiger partial charge in [0.1, 0.15) is 11.5 Å². The lowest BCUT2D eigenvalue weighted by Crippen LogP contribution is -2.45. The van der Waals surface area contributed by atoms with Gasteiger partial charge in [0, 0.05) is 36.7 Å². The van der Waals surface area contributed by atoms with Crippen LogP contribution in [0.2, 0.25) is 0 Å². The van der Waals surface area contributed by atoms with Gasteiger partial charge < -0.3 is 9.32 Å². The van der Waals surface area contributed by atoms with Crippen LogP contribution in [0.5, 0.6) is 0 Å². The number of oxazole rings is 1. The molecule has 1 fully saturated rings. The number of aromatic nitrogens is 1. The second kappa shape index (κ2) is 8.67. The van der Waals surface area contributed by atoms with Crippen molar-refractivity contribution in [1.29, 1.82) is 0 Å². The standard InChI is InChI=1S/C23H24FN3O3/c1-2-27(29)23(28)26-14-12-18(13-15-26)22-25-20(16-8-10-19(24)11-9-16)21(30-22)17-6-4-3-5-7-17/h3-11,18,29H,2,12-15H2,1H3. The van der Waals surface area contributed by atoms with E-state index >= 15 is 0 Å². The number of hydrogen-bond acceptors (Lipinski definition) is 4. The Morgan fingerprint density at radius 3 is 2.43 bits per heavy atom. The molecule has 0 aliphatic carbocycles. The summed E-state index contributed by atoms with van der Waals surface area (Å²) in [6, 6.07) is 15.6. The zero-order chi connectivity index (χ0) is 21.1. The third kappa shape index (κ3) is 4.07. The fraction of sp³-hybridized carbons (Fsp3) is 0.304. The van der Waals surface area contributed by atoms with Gasteiger partial charge in [-0.2, -0.15) is 0 Å². The number of urea groups is 1. The van der Waals surface area contributed by atoms with Crippen LogP contribution in [0.1, 0.15) is 31.6 Å². The lowest BCUT2D eigenvalue weighted by atomic mass is 9.97. The van der Waals surface area contributed by atoms with Crippen molar-refractivity contribution in [2.75, 3.05) is 19.6 Å². The van der Waals surface area contributed by atoms with Crippen molar-refractivity contribution in [2.45, 2.75) is 25.7 Å². The van der Waals surface area contributed by atoms with Gasteiger partial charge in [-0.3, -0.25) is 5.21 Å². The maximum absolute atomic E-state index is 13.4. The van der Waals surface area contributed by atoms with Gasteiger partial charge in [0.25, 0.3) is 0 Å². The Bertz CT molecular complexity index is 996. The molecule has 4 rings (SSSR count). The number of rotatable bonds is 4. The molecule has 3 aromatic rings. The summed E-state index contributed by atoms with van der Waals surface area (Å²) in [7, 11) is 0. The third-order valence-electron chi connectivity index (χ3n) is 5.43. The molecule has 0 radical (unpaired) electrons. The molecule has 2 amide bonds. The summed E-state index contributed by atoms with van der Waals surface area (Å²) in [5, 5.41) is 10.4. The highest BCUT2D eigenvalue weighted by atomic mass is 19.1. The second-order valence-corrected chi connectivity index (χ2v) is 7.36. The molecule has 0 saturated carbocycles. The van der Waals surface area contributed by atoms with E-state index < -0.39 is 0 Å². The van der Waals surface area contributed by atoms with E-state index in [1.807, 2.05) is 30.3 Å². The monoisotopic (exact) mass is 409 g/mol. The van der Waals surface area contributed by atoms with Crippen LogP contribution in [0.4, 0.5) is 9.18 Å². The number of piperidine rings is 1. The first-order chi connectivity index (χ1) is 14.6. The van der Waals surface area contributed by atoms with E-state index in [0.29, 0.717) is 43.3 Å². The Balaban J connectivity index is 1.61.